The number of allylic oxidation sites excluding steroid dienone is 1. The van der Waals surface area contributed by atoms with E-state index in [2.05, 4.69) is 4.72 Å². The van der Waals surface area contributed by atoms with E-state index < -0.39 is 10.0 Å². The van der Waals surface area contributed by atoms with Crippen LogP contribution in [0.4, 0.5) is 0 Å². The van der Waals surface area contributed by atoms with Crippen LogP contribution in [0, 0.1) is 0 Å². The molecule has 1 aromatic rings. The van der Waals surface area contributed by atoms with Gasteiger partial charge in [-0.05, 0) is 33.8 Å². The molecule has 1 atom stereocenters. The number of nitrogens with one attached hydrogen (secondary N) is 1. The first-order chi connectivity index (χ1) is 8.79. The van der Waals surface area contributed by atoms with Gasteiger partial charge in [-0.25, -0.2) is 13.1 Å². The Labute approximate surface area is 114 Å². The van der Waals surface area contributed by atoms with E-state index in [0.29, 0.717) is 0 Å². The van der Waals surface area contributed by atoms with Gasteiger partial charge < -0.3 is 0 Å². The van der Waals surface area contributed by atoms with Gasteiger partial charge in [-0.2, -0.15) is 0 Å². The van der Waals surface area contributed by atoms with Crippen molar-refractivity contribution in [2.24, 2.45) is 0 Å². The molecule has 1 rings (SSSR count). The number of ketones is 1. The first-order valence-electron chi connectivity index (χ1n) is 6.04. The minimum Gasteiger partial charge on any atom is -0.294 e. The Morgan fingerprint density at radius 1 is 1.26 bits per heavy atom. The van der Waals surface area contributed by atoms with Crippen molar-refractivity contribution in [2.75, 3.05) is 0 Å². The Bertz CT molecular complexity index is 603. The summed E-state index contributed by atoms with van der Waals surface area (Å²) in [5, 5.41) is 0. The first kappa shape index (κ1) is 15.6. The normalized spacial score (nSPS) is 14.2. The Hall–Kier alpha value is -1.46. The Balaban J connectivity index is 3.18. The first-order valence-corrected chi connectivity index (χ1v) is 7.53. The SMILES string of the molecule is C/C=C(\C)C(C)NS(=O)(=O)c1ccccc1C(C)=O. The fourth-order valence-corrected chi connectivity index (χ4v) is 3.17. The maximum absolute atomic E-state index is 12.3. The van der Waals surface area contributed by atoms with E-state index >= 15 is 0 Å². The Morgan fingerprint density at radius 3 is 2.37 bits per heavy atom. The fourth-order valence-electron chi connectivity index (χ4n) is 1.63. The smallest absolute Gasteiger partial charge is 0.241 e. The van der Waals surface area contributed by atoms with Crippen LogP contribution in [0.2, 0.25) is 0 Å². The highest BCUT2D eigenvalue weighted by atomic mass is 32.2. The molecule has 1 aromatic carbocycles. The molecular formula is C14H19NO3S. The van der Waals surface area contributed by atoms with E-state index in [0.717, 1.165) is 5.57 Å². The predicted molar refractivity (Wildman–Crippen MR) is 75.7 cm³/mol. The highest BCUT2D eigenvalue weighted by Crippen LogP contribution is 2.17. The minimum absolute atomic E-state index is 0.0262. The summed E-state index contributed by atoms with van der Waals surface area (Å²) in [6.45, 7) is 6.83. The van der Waals surface area contributed by atoms with E-state index in [1.54, 1.807) is 19.1 Å². The average molecular weight is 281 g/mol. The number of benzene rings is 1. The average Bonchev–Trinajstić information content (AvgIpc) is 2.37. The van der Waals surface area contributed by atoms with Crippen molar-refractivity contribution in [3.8, 4) is 0 Å². The molecule has 0 spiro atoms. The van der Waals surface area contributed by atoms with Crippen molar-refractivity contribution in [1.29, 1.82) is 0 Å². The molecule has 104 valence electrons. The maximum atomic E-state index is 12.3. The van der Waals surface area contributed by atoms with E-state index in [-0.39, 0.29) is 22.3 Å². The van der Waals surface area contributed by atoms with Gasteiger partial charge >= 0.3 is 0 Å². The summed E-state index contributed by atoms with van der Waals surface area (Å²) < 4.78 is 27.2. The van der Waals surface area contributed by atoms with Gasteiger partial charge in [0.2, 0.25) is 10.0 Å². The molecule has 0 amide bonds. The molecule has 0 radical (unpaired) electrons. The van der Waals surface area contributed by atoms with Gasteiger partial charge in [0.1, 0.15) is 0 Å². The summed E-state index contributed by atoms with van der Waals surface area (Å²) >= 11 is 0. The van der Waals surface area contributed by atoms with Crippen molar-refractivity contribution in [3.63, 3.8) is 0 Å². The van der Waals surface area contributed by atoms with Crippen LogP contribution in [-0.4, -0.2) is 20.2 Å². The number of carbonyl (C=O) groups excluding carboxylic acids is 1. The van der Waals surface area contributed by atoms with Gasteiger partial charge in [0.05, 0.1) is 4.90 Å². The zero-order valence-electron chi connectivity index (χ0n) is 11.6. The van der Waals surface area contributed by atoms with Gasteiger partial charge in [-0.15, -0.1) is 0 Å². The van der Waals surface area contributed by atoms with E-state index in [1.807, 2.05) is 19.9 Å². The molecule has 0 fully saturated rings. The second kappa shape index (κ2) is 6.12. The third-order valence-corrected chi connectivity index (χ3v) is 4.63. The molecule has 0 aliphatic carbocycles. The summed E-state index contributed by atoms with van der Waals surface area (Å²) in [6.07, 6.45) is 1.85. The van der Waals surface area contributed by atoms with Crippen molar-refractivity contribution in [2.45, 2.75) is 38.6 Å². The van der Waals surface area contributed by atoms with Crippen molar-refractivity contribution >= 4 is 15.8 Å². The van der Waals surface area contributed by atoms with Crippen LogP contribution in [0.1, 0.15) is 38.1 Å². The van der Waals surface area contributed by atoms with Crippen LogP contribution in [0.15, 0.2) is 40.8 Å². The zero-order valence-corrected chi connectivity index (χ0v) is 12.4. The fraction of sp³-hybridized carbons (Fsp3) is 0.357. The van der Waals surface area contributed by atoms with E-state index in [4.69, 9.17) is 0 Å². The van der Waals surface area contributed by atoms with Crippen molar-refractivity contribution in [3.05, 3.63) is 41.5 Å². The van der Waals surface area contributed by atoms with E-state index in [9.17, 15) is 13.2 Å². The predicted octanol–water partition coefficient (Wildman–Crippen LogP) is 2.52. The van der Waals surface area contributed by atoms with Gasteiger partial charge in [0.15, 0.2) is 5.78 Å². The van der Waals surface area contributed by atoms with Gasteiger partial charge in [-0.1, -0.05) is 29.8 Å². The lowest BCUT2D eigenvalue weighted by Crippen LogP contribution is -2.34. The van der Waals surface area contributed by atoms with Crippen molar-refractivity contribution < 1.29 is 13.2 Å². The minimum atomic E-state index is -3.70. The van der Waals surface area contributed by atoms with Crippen LogP contribution >= 0.6 is 0 Å². The number of hydrogen-bond donors (Lipinski definition) is 1. The van der Waals surface area contributed by atoms with Crippen LogP contribution < -0.4 is 4.72 Å². The summed E-state index contributed by atoms with van der Waals surface area (Å²) in [6, 6.07) is 5.90. The molecule has 5 heteroatoms. The van der Waals surface area contributed by atoms with E-state index in [1.165, 1.54) is 19.1 Å². The quantitative estimate of drug-likeness (QED) is 0.666. The Kier molecular flexibility index (Phi) is 5.03. The van der Waals surface area contributed by atoms with Crippen LogP contribution in [0.3, 0.4) is 0 Å². The molecule has 4 nitrogen and oxygen atoms in total. The summed E-state index contributed by atoms with van der Waals surface area (Å²) in [7, 11) is -3.70. The molecule has 0 bridgehead atoms. The highest BCUT2D eigenvalue weighted by molar-refractivity contribution is 7.89. The standard InChI is InChI=1S/C14H19NO3S/c1-5-10(2)11(3)15-19(17,18)14-9-7-6-8-13(14)12(4)16/h5-9,11,15H,1-4H3/b10-5+. The molecule has 0 aliphatic rings. The largest absolute Gasteiger partial charge is 0.294 e. The van der Waals surface area contributed by atoms with Gasteiger partial charge in [0.25, 0.3) is 0 Å². The monoisotopic (exact) mass is 281 g/mol. The maximum Gasteiger partial charge on any atom is 0.241 e. The Morgan fingerprint density at radius 2 is 1.84 bits per heavy atom. The molecule has 0 saturated carbocycles. The molecule has 1 unspecified atom stereocenters. The molecule has 1 N–H and O–H groups in total. The molecule has 0 aliphatic heterocycles. The molecule has 0 saturated heterocycles. The summed E-state index contributed by atoms with van der Waals surface area (Å²) in [5.41, 5.74) is 1.13. The molecular weight excluding hydrogens is 262 g/mol. The number of Topliss-reactive ketones (excluding diaryl/α,β-unsaturated/α-hetero) is 1. The number of carbonyl (C=O) groups is 1. The number of sulfonamides is 1. The van der Waals surface area contributed by atoms with Gasteiger partial charge in [0, 0.05) is 11.6 Å². The third kappa shape index (κ3) is 3.75. The van der Waals surface area contributed by atoms with Crippen LogP contribution in [0.25, 0.3) is 0 Å². The zero-order chi connectivity index (χ0) is 14.6. The lowest BCUT2D eigenvalue weighted by molar-refractivity contribution is 0.101. The highest BCUT2D eigenvalue weighted by Gasteiger charge is 2.22. The summed E-state index contributed by atoms with van der Waals surface area (Å²) in [4.78, 5) is 11.5. The molecule has 0 heterocycles. The van der Waals surface area contributed by atoms with Crippen molar-refractivity contribution in [1.82, 2.24) is 4.72 Å². The second-order valence-electron chi connectivity index (χ2n) is 4.43. The van der Waals surface area contributed by atoms with Gasteiger partial charge in [-0.3, -0.25) is 4.79 Å². The topological polar surface area (TPSA) is 63.2 Å². The summed E-state index contributed by atoms with van der Waals surface area (Å²) in [5.74, 6) is -0.267. The molecule has 19 heavy (non-hydrogen) atoms. The van der Waals surface area contributed by atoms with Crippen LogP contribution in [0.5, 0.6) is 0 Å². The lowest BCUT2D eigenvalue weighted by Gasteiger charge is -2.16. The van der Waals surface area contributed by atoms with Crippen LogP contribution in [-0.2, 0) is 10.0 Å². The second-order valence-corrected chi connectivity index (χ2v) is 6.11. The third-order valence-electron chi connectivity index (χ3n) is 3.03. The lowest BCUT2D eigenvalue weighted by atomic mass is 10.1. The molecule has 0 aromatic heterocycles. The number of hydrogen-bond acceptors (Lipinski definition) is 3. The number of rotatable bonds is 5.